The molecule has 0 fully saturated rings. The molecule has 1 aromatic rings. The molecule has 1 amide bonds. The van der Waals surface area contributed by atoms with Gasteiger partial charge in [-0.1, -0.05) is 19.9 Å². The average Bonchev–Trinajstić information content (AvgIpc) is 2.41. The second-order valence-electron chi connectivity index (χ2n) is 5.33. The van der Waals surface area contributed by atoms with E-state index in [4.69, 9.17) is 0 Å². The fourth-order valence-electron chi connectivity index (χ4n) is 1.73. The Kier molecular flexibility index (Phi) is 7.25. The van der Waals surface area contributed by atoms with Gasteiger partial charge in [-0.3, -0.25) is 4.79 Å². The van der Waals surface area contributed by atoms with E-state index in [1.54, 1.807) is 0 Å². The van der Waals surface area contributed by atoms with Crippen molar-refractivity contribution in [2.24, 2.45) is 5.92 Å². The highest BCUT2D eigenvalue weighted by atomic mass is 19.1. The van der Waals surface area contributed by atoms with Crippen LogP contribution in [0, 0.1) is 17.6 Å². The molecule has 0 saturated carbocycles. The number of aliphatic hydroxyl groups excluding tert-OH is 1. The number of aliphatic hydroxyl groups is 1. The van der Waals surface area contributed by atoms with Crippen molar-refractivity contribution < 1.29 is 18.7 Å². The molecule has 118 valence electrons. The molecule has 4 nitrogen and oxygen atoms in total. The zero-order valence-electron chi connectivity index (χ0n) is 12.3. The summed E-state index contributed by atoms with van der Waals surface area (Å²) >= 11 is 0. The topological polar surface area (TPSA) is 61.4 Å². The van der Waals surface area contributed by atoms with Gasteiger partial charge in [-0.2, -0.15) is 0 Å². The van der Waals surface area contributed by atoms with Gasteiger partial charge in [0.25, 0.3) is 0 Å². The second kappa shape index (κ2) is 8.69. The Balaban J connectivity index is 2.27. The summed E-state index contributed by atoms with van der Waals surface area (Å²) in [7, 11) is 0. The number of nitrogens with one attached hydrogen (secondary N) is 2. The summed E-state index contributed by atoms with van der Waals surface area (Å²) in [5, 5.41) is 15.5. The maximum atomic E-state index is 13.4. The number of carbonyl (C=O) groups excluding carboxylic acids is 1. The molecule has 0 aliphatic heterocycles. The lowest BCUT2D eigenvalue weighted by Crippen LogP contribution is -2.31. The van der Waals surface area contributed by atoms with Crippen LogP contribution >= 0.6 is 0 Å². The summed E-state index contributed by atoms with van der Waals surface area (Å²) in [6, 6.07) is 3.05. The van der Waals surface area contributed by atoms with Crippen LogP contribution in [0.4, 0.5) is 8.78 Å². The maximum absolute atomic E-state index is 13.4. The van der Waals surface area contributed by atoms with Gasteiger partial charge in [-0.05, 0) is 12.0 Å². The molecule has 0 radical (unpaired) electrons. The van der Waals surface area contributed by atoms with Crippen molar-refractivity contribution in [3.05, 3.63) is 35.4 Å². The van der Waals surface area contributed by atoms with E-state index in [1.165, 1.54) is 6.07 Å². The maximum Gasteiger partial charge on any atom is 0.221 e. The van der Waals surface area contributed by atoms with Gasteiger partial charge < -0.3 is 15.7 Å². The smallest absolute Gasteiger partial charge is 0.221 e. The van der Waals surface area contributed by atoms with Gasteiger partial charge in [-0.15, -0.1) is 0 Å². The molecule has 3 N–H and O–H groups in total. The van der Waals surface area contributed by atoms with Crippen molar-refractivity contribution in [2.75, 3.05) is 19.6 Å². The van der Waals surface area contributed by atoms with Crippen molar-refractivity contribution in [1.82, 2.24) is 10.6 Å². The van der Waals surface area contributed by atoms with Gasteiger partial charge >= 0.3 is 0 Å². The average molecular weight is 300 g/mol. The minimum Gasteiger partial charge on any atom is -0.387 e. The van der Waals surface area contributed by atoms with Crippen molar-refractivity contribution >= 4 is 5.91 Å². The predicted molar refractivity (Wildman–Crippen MR) is 76.7 cm³/mol. The van der Waals surface area contributed by atoms with E-state index in [9.17, 15) is 18.7 Å². The van der Waals surface area contributed by atoms with Crippen molar-refractivity contribution in [3.63, 3.8) is 0 Å². The minimum absolute atomic E-state index is 0.0353. The number of halogens is 2. The highest BCUT2D eigenvalue weighted by molar-refractivity contribution is 5.76. The Hall–Kier alpha value is -1.53. The van der Waals surface area contributed by atoms with Crippen LogP contribution in [0.3, 0.4) is 0 Å². The number of carbonyl (C=O) groups is 1. The highest BCUT2D eigenvalue weighted by Gasteiger charge is 2.13. The van der Waals surface area contributed by atoms with Crippen LogP contribution in [-0.4, -0.2) is 30.6 Å². The van der Waals surface area contributed by atoms with Crippen LogP contribution in [0.15, 0.2) is 18.2 Å². The van der Waals surface area contributed by atoms with E-state index < -0.39 is 17.7 Å². The lowest BCUT2D eigenvalue weighted by molar-refractivity contribution is -0.121. The molecule has 21 heavy (non-hydrogen) atoms. The molecule has 0 heterocycles. The lowest BCUT2D eigenvalue weighted by atomic mass is 10.1. The fraction of sp³-hybridized carbons (Fsp3) is 0.533. The second-order valence-corrected chi connectivity index (χ2v) is 5.33. The Labute approximate surface area is 123 Å². The Morgan fingerprint density at radius 1 is 1.29 bits per heavy atom. The summed E-state index contributed by atoms with van der Waals surface area (Å²) in [6.07, 6.45) is -0.796. The number of hydrogen-bond acceptors (Lipinski definition) is 3. The van der Waals surface area contributed by atoms with Gasteiger partial charge in [0.2, 0.25) is 5.91 Å². The van der Waals surface area contributed by atoms with E-state index in [1.807, 2.05) is 13.8 Å². The summed E-state index contributed by atoms with van der Waals surface area (Å²) in [4.78, 5) is 11.4. The first-order valence-electron chi connectivity index (χ1n) is 7.00. The summed E-state index contributed by atoms with van der Waals surface area (Å²) < 4.78 is 26.2. The van der Waals surface area contributed by atoms with Gasteiger partial charge in [-0.25, -0.2) is 8.78 Å². The Bertz CT molecular complexity index is 467. The van der Waals surface area contributed by atoms with E-state index in [2.05, 4.69) is 10.6 Å². The Morgan fingerprint density at radius 2 is 2.00 bits per heavy atom. The fourth-order valence-corrected chi connectivity index (χ4v) is 1.73. The molecular weight excluding hydrogens is 278 g/mol. The standard InChI is InChI=1S/C15H22F2N2O2/c1-10(2)8-19-15(21)5-6-18-9-14(20)12-4-3-11(16)7-13(12)17/h3-4,7,10,14,18,20H,5-6,8-9H2,1-2H3,(H,19,21). The molecule has 0 aromatic heterocycles. The molecule has 1 unspecified atom stereocenters. The first-order chi connectivity index (χ1) is 9.90. The highest BCUT2D eigenvalue weighted by Crippen LogP contribution is 2.17. The van der Waals surface area contributed by atoms with Gasteiger partial charge in [0.1, 0.15) is 11.6 Å². The molecular formula is C15H22F2N2O2. The third-order valence-electron chi connectivity index (χ3n) is 2.90. The predicted octanol–water partition coefficient (Wildman–Crippen LogP) is 1.75. The van der Waals surface area contributed by atoms with Crippen molar-refractivity contribution in [2.45, 2.75) is 26.4 Å². The van der Waals surface area contributed by atoms with Crippen molar-refractivity contribution in [1.29, 1.82) is 0 Å². The molecule has 1 aromatic carbocycles. The number of rotatable bonds is 8. The molecule has 0 aliphatic carbocycles. The van der Waals surface area contributed by atoms with E-state index in [0.717, 1.165) is 12.1 Å². The van der Waals surface area contributed by atoms with Gasteiger partial charge in [0.15, 0.2) is 0 Å². The number of benzene rings is 1. The summed E-state index contributed by atoms with van der Waals surface area (Å²) in [5.41, 5.74) is 0.0353. The molecule has 0 bridgehead atoms. The first kappa shape index (κ1) is 17.5. The number of amides is 1. The normalized spacial score (nSPS) is 12.5. The molecule has 1 atom stereocenters. The quantitative estimate of drug-likeness (QED) is 0.641. The largest absolute Gasteiger partial charge is 0.387 e. The van der Waals surface area contributed by atoms with Crippen LogP contribution in [0.5, 0.6) is 0 Å². The first-order valence-corrected chi connectivity index (χ1v) is 7.00. The van der Waals surface area contributed by atoms with E-state index in [-0.39, 0.29) is 24.4 Å². The summed E-state index contributed by atoms with van der Waals surface area (Å²) in [5.74, 6) is -1.14. The van der Waals surface area contributed by atoms with Crippen LogP contribution in [0.25, 0.3) is 0 Å². The van der Waals surface area contributed by atoms with Crippen LogP contribution in [0.1, 0.15) is 31.9 Å². The third-order valence-corrected chi connectivity index (χ3v) is 2.90. The Morgan fingerprint density at radius 3 is 2.62 bits per heavy atom. The van der Waals surface area contributed by atoms with E-state index in [0.29, 0.717) is 19.0 Å². The van der Waals surface area contributed by atoms with Crippen LogP contribution in [0.2, 0.25) is 0 Å². The SMILES string of the molecule is CC(C)CNC(=O)CCNCC(O)c1ccc(F)cc1F. The molecule has 0 aliphatic rings. The third kappa shape index (κ3) is 6.64. The van der Waals surface area contributed by atoms with Gasteiger partial charge in [0.05, 0.1) is 6.10 Å². The van der Waals surface area contributed by atoms with Gasteiger partial charge in [0, 0.05) is 37.7 Å². The molecule has 1 rings (SSSR count). The number of hydrogen-bond donors (Lipinski definition) is 3. The summed E-state index contributed by atoms with van der Waals surface area (Å²) in [6.45, 7) is 5.12. The van der Waals surface area contributed by atoms with Crippen LogP contribution < -0.4 is 10.6 Å². The molecule has 6 heteroatoms. The lowest BCUT2D eigenvalue weighted by Gasteiger charge is -2.13. The van der Waals surface area contributed by atoms with Crippen LogP contribution in [-0.2, 0) is 4.79 Å². The minimum atomic E-state index is -1.08. The molecule has 0 spiro atoms. The zero-order valence-corrected chi connectivity index (χ0v) is 12.3. The monoisotopic (exact) mass is 300 g/mol. The van der Waals surface area contributed by atoms with E-state index >= 15 is 0 Å². The van der Waals surface area contributed by atoms with Crippen molar-refractivity contribution in [3.8, 4) is 0 Å². The molecule has 0 saturated heterocycles. The zero-order chi connectivity index (χ0) is 15.8.